The molecule has 0 saturated carbocycles. The van der Waals surface area contributed by atoms with Gasteiger partial charge in [-0.25, -0.2) is 14.2 Å². The lowest BCUT2D eigenvalue weighted by atomic mass is 10.2. The maximum atomic E-state index is 12.8. The van der Waals surface area contributed by atoms with E-state index in [1.807, 2.05) is 6.92 Å². The molecule has 0 bridgehead atoms. The number of hydrogen-bond donors (Lipinski definition) is 2. The van der Waals surface area contributed by atoms with Crippen LogP contribution in [0.3, 0.4) is 0 Å². The standard InChI is InChI=1S/C10H13FN2O3/c1-6(16-2)4-12-9-8(10(14)15)3-7(11)5-13-9/h3,5-6H,4H2,1-2H3,(H,12,13)(H,14,15). The minimum Gasteiger partial charge on any atom is -0.478 e. The highest BCUT2D eigenvalue weighted by molar-refractivity contribution is 5.93. The molecule has 0 aliphatic heterocycles. The number of rotatable bonds is 5. The summed E-state index contributed by atoms with van der Waals surface area (Å²) in [5.74, 6) is -1.76. The summed E-state index contributed by atoms with van der Waals surface area (Å²) in [5.41, 5.74) is -0.191. The van der Waals surface area contributed by atoms with Crippen molar-refractivity contribution in [2.45, 2.75) is 13.0 Å². The van der Waals surface area contributed by atoms with Crippen LogP contribution in [0.4, 0.5) is 10.2 Å². The Labute approximate surface area is 92.3 Å². The number of pyridine rings is 1. The van der Waals surface area contributed by atoms with Gasteiger partial charge in [0.2, 0.25) is 0 Å². The zero-order chi connectivity index (χ0) is 12.1. The highest BCUT2D eigenvalue weighted by Crippen LogP contribution is 2.13. The molecule has 6 heteroatoms. The number of aromatic nitrogens is 1. The number of ether oxygens (including phenoxy) is 1. The van der Waals surface area contributed by atoms with Crippen molar-refractivity contribution in [2.24, 2.45) is 0 Å². The third kappa shape index (κ3) is 3.16. The fraction of sp³-hybridized carbons (Fsp3) is 0.400. The smallest absolute Gasteiger partial charge is 0.339 e. The first-order valence-corrected chi connectivity index (χ1v) is 4.70. The van der Waals surface area contributed by atoms with E-state index in [4.69, 9.17) is 9.84 Å². The molecule has 2 N–H and O–H groups in total. The molecule has 0 spiro atoms. The summed E-state index contributed by atoms with van der Waals surface area (Å²) >= 11 is 0. The van der Waals surface area contributed by atoms with Crippen molar-refractivity contribution in [2.75, 3.05) is 19.0 Å². The average Bonchev–Trinajstić information content (AvgIpc) is 2.26. The van der Waals surface area contributed by atoms with Crippen molar-refractivity contribution in [3.05, 3.63) is 23.6 Å². The maximum absolute atomic E-state index is 12.8. The third-order valence-corrected chi connectivity index (χ3v) is 2.04. The summed E-state index contributed by atoms with van der Waals surface area (Å²) in [6, 6.07) is 0.926. The molecule has 88 valence electrons. The molecule has 1 aromatic heterocycles. The molecular formula is C10H13FN2O3. The molecule has 0 saturated heterocycles. The number of carbonyl (C=O) groups is 1. The monoisotopic (exact) mass is 228 g/mol. The van der Waals surface area contributed by atoms with Gasteiger partial charge in [-0.1, -0.05) is 0 Å². The number of carboxylic acids is 1. The van der Waals surface area contributed by atoms with Crippen LogP contribution < -0.4 is 5.32 Å². The van der Waals surface area contributed by atoms with E-state index in [0.717, 1.165) is 12.3 Å². The zero-order valence-electron chi connectivity index (χ0n) is 9.03. The number of hydrogen-bond acceptors (Lipinski definition) is 4. The van der Waals surface area contributed by atoms with Gasteiger partial charge in [-0.15, -0.1) is 0 Å². The van der Waals surface area contributed by atoms with Crippen molar-refractivity contribution in [3.8, 4) is 0 Å². The quantitative estimate of drug-likeness (QED) is 0.796. The molecule has 0 fully saturated rings. The molecular weight excluding hydrogens is 215 g/mol. The largest absolute Gasteiger partial charge is 0.478 e. The number of halogens is 1. The number of methoxy groups -OCH3 is 1. The lowest BCUT2D eigenvalue weighted by Gasteiger charge is -2.12. The van der Waals surface area contributed by atoms with Crippen molar-refractivity contribution >= 4 is 11.8 Å². The number of nitrogens with one attached hydrogen (secondary N) is 1. The summed E-state index contributed by atoms with van der Waals surface area (Å²) < 4.78 is 17.8. The Bertz CT molecular complexity index is 384. The summed E-state index contributed by atoms with van der Waals surface area (Å²) in [7, 11) is 1.54. The van der Waals surface area contributed by atoms with Gasteiger partial charge in [0.15, 0.2) is 0 Å². The summed E-state index contributed by atoms with van der Waals surface area (Å²) in [6.07, 6.45) is 0.875. The Morgan fingerprint density at radius 1 is 1.75 bits per heavy atom. The highest BCUT2D eigenvalue weighted by atomic mass is 19.1. The molecule has 16 heavy (non-hydrogen) atoms. The van der Waals surface area contributed by atoms with Crippen LogP contribution in [0.5, 0.6) is 0 Å². The number of nitrogens with zero attached hydrogens (tertiary/aromatic N) is 1. The van der Waals surface area contributed by atoms with E-state index in [2.05, 4.69) is 10.3 Å². The van der Waals surface area contributed by atoms with E-state index in [0.29, 0.717) is 6.54 Å². The van der Waals surface area contributed by atoms with E-state index >= 15 is 0 Å². The zero-order valence-corrected chi connectivity index (χ0v) is 9.03. The average molecular weight is 228 g/mol. The van der Waals surface area contributed by atoms with Gasteiger partial charge in [-0.3, -0.25) is 0 Å². The second kappa shape index (κ2) is 5.41. The summed E-state index contributed by atoms with van der Waals surface area (Å²) in [5, 5.41) is 11.6. The predicted octanol–water partition coefficient (Wildman–Crippen LogP) is 1.37. The molecule has 1 atom stereocenters. The fourth-order valence-electron chi connectivity index (χ4n) is 1.07. The van der Waals surface area contributed by atoms with Crippen molar-refractivity contribution < 1.29 is 19.0 Å². The van der Waals surface area contributed by atoms with Crippen LogP contribution >= 0.6 is 0 Å². The molecule has 1 unspecified atom stereocenters. The van der Waals surface area contributed by atoms with Gasteiger partial charge >= 0.3 is 5.97 Å². The van der Waals surface area contributed by atoms with Crippen LogP contribution in [0.1, 0.15) is 17.3 Å². The third-order valence-electron chi connectivity index (χ3n) is 2.04. The van der Waals surface area contributed by atoms with E-state index < -0.39 is 11.8 Å². The summed E-state index contributed by atoms with van der Waals surface area (Å²) in [6.45, 7) is 2.21. The predicted molar refractivity (Wildman–Crippen MR) is 56.1 cm³/mol. The van der Waals surface area contributed by atoms with Crippen molar-refractivity contribution in [3.63, 3.8) is 0 Å². The second-order valence-corrected chi connectivity index (χ2v) is 3.28. The minimum atomic E-state index is -1.22. The van der Waals surface area contributed by atoms with Crippen LogP contribution in [0.2, 0.25) is 0 Å². The summed E-state index contributed by atoms with van der Waals surface area (Å²) in [4.78, 5) is 14.5. The normalized spacial score (nSPS) is 12.2. The molecule has 0 aromatic carbocycles. The van der Waals surface area contributed by atoms with E-state index in [-0.39, 0.29) is 17.5 Å². The molecule has 1 aromatic rings. The van der Waals surface area contributed by atoms with Gasteiger partial charge in [0.05, 0.1) is 12.3 Å². The molecule has 1 rings (SSSR count). The van der Waals surface area contributed by atoms with Gasteiger partial charge in [-0.2, -0.15) is 0 Å². The topological polar surface area (TPSA) is 71.5 Å². The molecule has 0 aliphatic rings. The van der Waals surface area contributed by atoms with Gasteiger partial charge < -0.3 is 15.2 Å². The second-order valence-electron chi connectivity index (χ2n) is 3.28. The Hall–Kier alpha value is -1.69. The van der Waals surface area contributed by atoms with Crippen molar-refractivity contribution in [1.29, 1.82) is 0 Å². The first-order chi connectivity index (χ1) is 7.54. The van der Waals surface area contributed by atoms with Crippen molar-refractivity contribution in [1.82, 2.24) is 4.98 Å². The first-order valence-electron chi connectivity index (χ1n) is 4.70. The molecule has 5 nitrogen and oxygen atoms in total. The van der Waals surface area contributed by atoms with Gasteiger partial charge in [-0.05, 0) is 13.0 Å². The van der Waals surface area contributed by atoms with Gasteiger partial charge in [0, 0.05) is 13.7 Å². The SMILES string of the molecule is COC(C)CNc1ncc(F)cc1C(=O)O. The van der Waals surface area contributed by atoms with E-state index in [1.165, 1.54) is 0 Å². The minimum absolute atomic E-state index is 0.0894. The first kappa shape index (κ1) is 12.4. The van der Waals surface area contributed by atoms with Crippen LogP contribution in [0.25, 0.3) is 0 Å². The number of anilines is 1. The molecule has 0 aliphatic carbocycles. The Kier molecular flexibility index (Phi) is 4.19. The Morgan fingerprint density at radius 3 is 3.00 bits per heavy atom. The van der Waals surface area contributed by atoms with Crippen LogP contribution in [-0.4, -0.2) is 35.8 Å². The highest BCUT2D eigenvalue weighted by Gasteiger charge is 2.13. The van der Waals surface area contributed by atoms with E-state index in [1.54, 1.807) is 7.11 Å². The Balaban J connectivity index is 2.82. The van der Waals surface area contributed by atoms with Crippen LogP contribution in [0.15, 0.2) is 12.3 Å². The van der Waals surface area contributed by atoms with Gasteiger partial charge in [0.1, 0.15) is 17.2 Å². The number of carboxylic acid groups (broad SMARTS) is 1. The Morgan fingerprint density at radius 2 is 2.44 bits per heavy atom. The molecule has 0 amide bonds. The van der Waals surface area contributed by atoms with Crippen LogP contribution in [-0.2, 0) is 4.74 Å². The van der Waals surface area contributed by atoms with E-state index in [9.17, 15) is 9.18 Å². The lowest BCUT2D eigenvalue weighted by Crippen LogP contribution is -2.20. The van der Waals surface area contributed by atoms with Gasteiger partial charge in [0.25, 0.3) is 0 Å². The lowest BCUT2D eigenvalue weighted by molar-refractivity contribution is 0.0696. The number of aromatic carboxylic acids is 1. The fourth-order valence-corrected chi connectivity index (χ4v) is 1.07. The maximum Gasteiger partial charge on any atom is 0.339 e. The molecule has 1 heterocycles. The molecule has 0 radical (unpaired) electrons. The van der Waals surface area contributed by atoms with Crippen LogP contribution in [0, 0.1) is 5.82 Å².